The van der Waals surface area contributed by atoms with E-state index in [9.17, 15) is 19.4 Å². The molecule has 2 atom stereocenters. The third kappa shape index (κ3) is 15.1. The number of nitrogens with two attached hydrogens (primary N) is 1. The zero-order valence-electron chi connectivity index (χ0n) is 36.3. The van der Waals surface area contributed by atoms with Gasteiger partial charge in [0, 0.05) is 65.7 Å². The maximum Gasteiger partial charge on any atom is 0.407 e. The number of aromatic nitrogens is 1. The molecule has 3 saturated heterocycles. The van der Waals surface area contributed by atoms with Crippen molar-refractivity contribution in [3.05, 3.63) is 93.6 Å². The Labute approximate surface area is 372 Å². The first-order valence-corrected chi connectivity index (χ1v) is 22.5. The predicted octanol–water partition coefficient (Wildman–Crippen LogP) is 7.98. The molecule has 61 heavy (non-hydrogen) atoms. The molecule has 5 N–H and O–H groups in total. The number of pyridine rings is 1. The van der Waals surface area contributed by atoms with E-state index in [2.05, 4.69) is 20.5 Å². The lowest BCUT2D eigenvalue weighted by atomic mass is 9.79. The molecule has 6 rings (SSSR count). The van der Waals surface area contributed by atoms with Crippen molar-refractivity contribution in [1.82, 2.24) is 30.2 Å². The van der Waals surface area contributed by atoms with Crippen LogP contribution >= 0.6 is 23.2 Å². The second-order valence-electron chi connectivity index (χ2n) is 17.2. The SMILES string of the molecule is CB(O)N1CCC(C(OC(=O)NC(C)C)c2ccc(Cl)cc2)CC1.CC(C)NC(=O)OC(c1ccc(Cl)cc1)C1CCN(C(=O)C2CCN(Cc3ccnc(N)c3)CC2)CC1. The van der Waals surface area contributed by atoms with Crippen LogP contribution < -0.4 is 16.4 Å². The van der Waals surface area contributed by atoms with Crippen LogP contribution in [0.25, 0.3) is 0 Å². The number of hydrogen-bond acceptors (Lipinski definition) is 10. The van der Waals surface area contributed by atoms with Gasteiger partial charge >= 0.3 is 19.2 Å². The molecule has 3 aliphatic heterocycles. The Bertz CT molecular complexity index is 1830. The van der Waals surface area contributed by atoms with Gasteiger partial charge in [0.05, 0.1) is 0 Å². The molecule has 0 saturated carbocycles. The lowest BCUT2D eigenvalue weighted by Crippen LogP contribution is -2.46. The van der Waals surface area contributed by atoms with Gasteiger partial charge in [0.2, 0.25) is 5.91 Å². The molecule has 1 aromatic heterocycles. The van der Waals surface area contributed by atoms with Crippen LogP contribution in [0, 0.1) is 17.8 Å². The summed E-state index contributed by atoms with van der Waals surface area (Å²) < 4.78 is 11.6. The van der Waals surface area contributed by atoms with Crippen molar-refractivity contribution in [2.24, 2.45) is 17.8 Å². The number of nitrogens with one attached hydrogen (secondary N) is 2. The molecule has 0 radical (unpaired) electrons. The molecule has 3 aromatic rings. The number of anilines is 1. The molecule has 4 heterocycles. The van der Waals surface area contributed by atoms with E-state index in [1.54, 1.807) is 13.0 Å². The normalized spacial score (nSPS) is 18.2. The highest BCUT2D eigenvalue weighted by Gasteiger charge is 2.36. The summed E-state index contributed by atoms with van der Waals surface area (Å²) in [6.07, 6.45) is 5.28. The lowest BCUT2D eigenvalue weighted by Gasteiger charge is -2.39. The number of piperidine rings is 3. The molecule has 3 aliphatic rings. The highest BCUT2D eigenvalue weighted by molar-refractivity contribution is 6.45. The van der Waals surface area contributed by atoms with Crippen molar-refractivity contribution in [3.8, 4) is 0 Å². The summed E-state index contributed by atoms with van der Waals surface area (Å²) in [7, 11) is -0.440. The second kappa shape index (κ2) is 23.4. The van der Waals surface area contributed by atoms with Crippen molar-refractivity contribution in [2.45, 2.75) is 104 Å². The summed E-state index contributed by atoms with van der Waals surface area (Å²) in [5, 5.41) is 16.6. The molecule has 13 nitrogen and oxygen atoms in total. The Morgan fingerprint density at radius 3 is 1.64 bits per heavy atom. The summed E-state index contributed by atoms with van der Waals surface area (Å²) in [6, 6.07) is 18.9. The van der Waals surface area contributed by atoms with E-state index in [-0.39, 0.29) is 48.0 Å². The maximum atomic E-state index is 13.3. The van der Waals surface area contributed by atoms with Gasteiger partial charge in [-0.1, -0.05) is 47.5 Å². The molecular formula is C45H64BCl2N7O6. The first-order chi connectivity index (χ1) is 29.1. The highest BCUT2D eigenvalue weighted by atomic mass is 35.5. The third-order valence-corrected chi connectivity index (χ3v) is 12.2. The van der Waals surface area contributed by atoms with Crippen molar-refractivity contribution in [2.75, 3.05) is 45.0 Å². The monoisotopic (exact) mass is 879 g/mol. The minimum atomic E-state index is -0.440. The fourth-order valence-corrected chi connectivity index (χ4v) is 8.67. The lowest BCUT2D eigenvalue weighted by molar-refractivity contribution is -0.139. The Kier molecular flexibility index (Phi) is 18.4. The van der Waals surface area contributed by atoms with E-state index in [4.69, 9.17) is 38.4 Å². The van der Waals surface area contributed by atoms with Crippen molar-refractivity contribution in [3.63, 3.8) is 0 Å². The number of nitrogen functional groups attached to an aromatic ring is 1. The minimum absolute atomic E-state index is 0.00733. The Hall–Kier alpha value is -4.08. The standard InChI is InChI=1S/C28H38ClN5O3.C17H26BClN2O3/c1-19(2)32-28(36)37-26(21-3-5-24(29)6-4-21)22-10-15-34(16-11-22)27(35)23-8-13-33(14-9-23)18-20-7-12-31-25(30)17-20;1-12(2)20-17(22)24-16(13-4-6-15(19)7-5-13)14-8-10-21(11-9-14)18(3)23/h3-7,12,17,19,22-23,26H,8-11,13-16,18H2,1-2H3,(H2,30,31)(H,32,36);4-7,12,14,16,23H,8-11H2,1-3H3,(H,20,22). The van der Waals surface area contributed by atoms with E-state index < -0.39 is 19.2 Å². The smallest absolute Gasteiger partial charge is 0.407 e. The number of carbonyl (C=O) groups excluding carboxylic acids is 3. The molecule has 2 unspecified atom stereocenters. The summed E-state index contributed by atoms with van der Waals surface area (Å²) in [6.45, 7) is 15.0. The van der Waals surface area contributed by atoms with Gasteiger partial charge in [-0.2, -0.15) is 0 Å². The fraction of sp³-hybridized carbons (Fsp3) is 0.556. The van der Waals surface area contributed by atoms with E-state index >= 15 is 0 Å². The quantitative estimate of drug-likeness (QED) is 0.131. The molecule has 0 aliphatic carbocycles. The van der Waals surface area contributed by atoms with Crippen molar-refractivity contribution < 1.29 is 28.9 Å². The minimum Gasteiger partial charge on any atom is -0.441 e. The number of halogens is 2. The molecule has 0 spiro atoms. The molecule has 0 bridgehead atoms. The predicted molar refractivity (Wildman–Crippen MR) is 242 cm³/mol. The fourth-order valence-electron chi connectivity index (χ4n) is 8.41. The van der Waals surface area contributed by atoms with Crippen LogP contribution in [0.5, 0.6) is 0 Å². The van der Waals surface area contributed by atoms with E-state index in [1.165, 1.54) is 0 Å². The molecule has 3 amide bonds. The molecule has 332 valence electrons. The van der Waals surface area contributed by atoms with Gasteiger partial charge in [-0.15, -0.1) is 0 Å². The number of amides is 3. The van der Waals surface area contributed by atoms with Crippen LogP contribution in [0.2, 0.25) is 16.9 Å². The van der Waals surface area contributed by atoms with Gasteiger partial charge in [-0.25, -0.2) is 14.6 Å². The summed E-state index contributed by atoms with van der Waals surface area (Å²) in [5.74, 6) is 1.22. The van der Waals surface area contributed by atoms with Gasteiger partial charge in [-0.3, -0.25) is 9.69 Å². The first kappa shape index (κ1) is 48.0. The van der Waals surface area contributed by atoms with Crippen LogP contribution in [0.1, 0.15) is 95.1 Å². The van der Waals surface area contributed by atoms with Crippen LogP contribution in [0.4, 0.5) is 15.4 Å². The number of hydrogen-bond donors (Lipinski definition) is 4. The summed E-state index contributed by atoms with van der Waals surface area (Å²) in [4.78, 5) is 48.3. The van der Waals surface area contributed by atoms with Crippen LogP contribution in [-0.2, 0) is 20.8 Å². The number of carbonyl (C=O) groups is 3. The number of alkyl carbamates (subject to hydrolysis) is 2. The van der Waals surface area contributed by atoms with Crippen LogP contribution in [0.15, 0.2) is 66.9 Å². The average molecular weight is 881 g/mol. The molecule has 2 aromatic carbocycles. The zero-order chi connectivity index (χ0) is 44.1. The molecule has 16 heteroatoms. The van der Waals surface area contributed by atoms with Crippen molar-refractivity contribution >= 4 is 54.2 Å². The van der Waals surface area contributed by atoms with Gasteiger partial charge in [0.1, 0.15) is 18.0 Å². The Balaban J connectivity index is 0.000000254. The first-order valence-electron chi connectivity index (χ1n) is 21.7. The highest BCUT2D eigenvalue weighted by Crippen LogP contribution is 2.37. The van der Waals surface area contributed by atoms with E-state index in [0.717, 1.165) is 87.9 Å². The molecule has 3 fully saturated rings. The number of likely N-dealkylation sites (tertiary alicyclic amines) is 2. The van der Waals surface area contributed by atoms with E-state index in [0.29, 0.717) is 29.0 Å². The number of benzene rings is 2. The topological polar surface area (TPSA) is 163 Å². The van der Waals surface area contributed by atoms with Gasteiger partial charge in [-0.05, 0) is 152 Å². The Morgan fingerprint density at radius 2 is 1.21 bits per heavy atom. The number of ether oxygens (including phenoxy) is 2. The number of rotatable bonds is 12. The summed E-state index contributed by atoms with van der Waals surface area (Å²) in [5.41, 5.74) is 8.84. The van der Waals surface area contributed by atoms with Gasteiger partial charge < -0.3 is 40.6 Å². The molecular weight excluding hydrogens is 816 g/mol. The number of nitrogens with zero attached hydrogens (tertiary/aromatic N) is 4. The van der Waals surface area contributed by atoms with Gasteiger partial charge in [0.15, 0.2) is 0 Å². The summed E-state index contributed by atoms with van der Waals surface area (Å²) >= 11 is 12.1. The van der Waals surface area contributed by atoms with Crippen LogP contribution in [0.3, 0.4) is 0 Å². The zero-order valence-corrected chi connectivity index (χ0v) is 37.8. The second-order valence-corrected chi connectivity index (χ2v) is 18.0. The van der Waals surface area contributed by atoms with Crippen LogP contribution in [-0.4, -0.2) is 101 Å². The Morgan fingerprint density at radius 1 is 0.754 bits per heavy atom. The van der Waals surface area contributed by atoms with Gasteiger partial charge in [0.25, 0.3) is 0 Å². The van der Waals surface area contributed by atoms with Crippen molar-refractivity contribution in [1.29, 1.82) is 0 Å². The third-order valence-electron chi connectivity index (χ3n) is 11.7. The average Bonchev–Trinajstić information content (AvgIpc) is 3.23. The maximum absolute atomic E-state index is 13.3. The largest absolute Gasteiger partial charge is 0.441 e. The van der Waals surface area contributed by atoms with E-state index in [1.807, 2.05) is 98.1 Å².